The third-order valence-electron chi connectivity index (χ3n) is 3.44. The minimum absolute atomic E-state index is 0.0164. The zero-order valence-electron chi connectivity index (χ0n) is 12.4. The van der Waals surface area contributed by atoms with E-state index < -0.39 is 5.97 Å². The van der Waals surface area contributed by atoms with E-state index in [1.54, 1.807) is 0 Å². The van der Waals surface area contributed by atoms with Gasteiger partial charge < -0.3 is 9.84 Å². The van der Waals surface area contributed by atoms with Gasteiger partial charge in [-0.2, -0.15) is 5.10 Å². The molecule has 0 atom stereocenters. The lowest BCUT2D eigenvalue weighted by atomic mass is 10.1. The molecular formula is C18H16N2O3. The van der Waals surface area contributed by atoms with Crippen LogP contribution < -0.4 is 4.74 Å². The number of carboxylic acid groups (broad SMARTS) is 1. The molecule has 0 unspecified atom stereocenters. The number of hydrogen-bond donors (Lipinski definition) is 2. The second-order valence-corrected chi connectivity index (χ2v) is 5.14. The standard InChI is InChI=1S/C18H16N2O3/c21-18(22)16-11-15(19-20-16)10-14-8-4-5-9-17(14)23-12-13-6-2-1-3-7-13/h1-9,11H,10,12H2,(H,19,20)(H,21,22). The van der Waals surface area contributed by atoms with Crippen LogP contribution in [0.1, 0.15) is 27.3 Å². The SMILES string of the molecule is O=C(O)c1cc(Cc2ccccc2OCc2ccccc2)[nH]n1. The van der Waals surface area contributed by atoms with Crippen LogP contribution in [0.3, 0.4) is 0 Å². The second-order valence-electron chi connectivity index (χ2n) is 5.14. The first kappa shape index (κ1) is 14.8. The molecule has 0 aliphatic heterocycles. The van der Waals surface area contributed by atoms with E-state index in [4.69, 9.17) is 9.84 Å². The molecule has 0 saturated carbocycles. The number of carbonyl (C=O) groups is 1. The van der Waals surface area contributed by atoms with Crippen LogP contribution in [0, 0.1) is 0 Å². The Hall–Kier alpha value is -3.08. The van der Waals surface area contributed by atoms with E-state index in [9.17, 15) is 4.79 Å². The van der Waals surface area contributed by atoms with Crippen LogP contribution in [0.25, 0.3) is 0 Å². The monoisotopic (exact) mass is 308 g/mol. The maximum Gasteiger partial charge on any atom is 0.356 e. The Morgan fingerprint density at radius 3 is 2.57 bits per heavy atom. The molecule has 116 valence electrons. The number of aromatic carboxylic acids is 1. The summed E-state index contributed by atoms with van der Waals surface area (Å²) in [5.41, 5.74) is 2.82. The fourth-order valence-electron chi connectivity index (χ4n) is 2.29. The van der Waals surface area contributed by atoms with Crippen molar-refractivity contribution < 1.29 is 14.6 Å². The summed E-state index contributed by atoms with van der Waals surface area (Å²) < 4.78 is 5.90. The summed E-state index contributed by atoms with van der Waals surface area (Å²) in [6.07, 6.45) is 0.533. The Morgan fingerprint density at radius 2 is 1.83 bits per heavy atom. The minimum Gasteiger partial charge on any atom is -0.489 e. The van der Waals surface area contributed by atoms with Crippen molar-refractivity contribution in [3.05, 3.63) is 83.2 Å². The zero-order valence-corrected chi connectivity index (χ0v) is 12.4. The predicted octanol–water partition coefficient (Wildman–Crippen LogP) is 3.28. The molecule has 3 aromatic rings. The highest BCUT2D eigenvalue weighted by Gasteiger charge is 2.10. The van der Waals surface area contributed by atoms with Crippen LogP contribution >= 0.6 is 0 Å². The molecule has 0 bridgehead atoms. The Kier molecular flexibility index (Phi) is 4.38. The van der Waals surface area contributed by atoms with Crippen LogP contribution in [0.5, 0.6) is 5.75 Å². The van der Waals surface area contributed by atoms with Crippen molar-refractivity contribution in [2.45, 2.75) is 13.0 Å². The van der Waals surface area contributed by atoms with Gasteiger partial charge in [-0.15, -0.1) is 0 Å². The predicted molar refractivity (Wildman–Crippen MR) is 85.6 cm³/mol. The number of nitrogens with zero attached hydrogens (tertiary/aromatic N) is 1. The molecule has 0 radical (unpaired) electrons. The molecule has 3 rings (SSSR count). The lowest BCUT2D eigenvalue weighted by Crippen LogP contribution is -1.99. The van der Waals surface area contributed by atoms with Gasteiger partial charge in [0.05, 0.1) is 0 Å². The van der Waals surface area contributed by atoms with Crippen molar-refractivity contribution in [2.24, 2.45) is 0 Å². The summed E-state index contributed by atoms with van der Waals surface area (Å²) >= 11 is 0. The molecule has 0 saturated heterocycles. The number of aromatic nitrogens is 2. The van der Waals surface area contributed by atoms with Gasteiger partial charge in [-0.05, 0) is 17.7 Å². The van der Waals surface area contributed by atoms with E-state index in [1.165, 1.54) is 6.07 Å². The number of para-hydroxylation sites is 1. The first-order valence-corrected chi connectivity index (χ1v) is 7.24. The van der Waals surface area contributed by atoms with Crippen LogP contribution in [0.4, 0.5) is 0 Å². The van der Waals surface area contributed by atoms with Crippen molar-refractivity contribution in [2.75, 3.05) is 0 Å². The van der Waals surface area contributed by atoms with Crippen LogP contribution in [-0.2, 0) is 13.0 Å². The quantitative estimate of drug-likeness (QED) is 0.733. The minimum atomic E-state index is -1.04. The molecule has 1 aromatic heterocycles. The fraction of sp³-hybridized carbons (Fsp3) is 0.111. The molecule has 2 aromatic carbocycles. The van der Waals surface area contributed by atoms with Crippen molar-refractivity contribution in [3.8, 4) is 5.75 Å². The van der Waals surface area contributed by atoms with E-state index in [0.717, 1.165) is 22.6 Å². The molecule has 23 heavy (non-hydrogen) atoms. The zero-order chi connectivity index (χ0) is 16.1. The average Bonchev–Trinajstić information content (AvgIpc) is 3.04. The molecule has 0 spiro atoms. The van der Waals surface area contributed by atoms with Gasteiger partial charge in [-0.1, -0.05) is 48.5 Å². The van der Waals surface area contributed by atoms with Gasteiger partial charge in [-0.25, -0.2) is 4.79 Å². The van der Waals surface area contributed by atoms with Gasteiger partial charge in [0.1, 0.15) is 12.4 Å². The second kappa shape index (κ2) is 6.79. The normalized spacial score (nSPS) is 10.4. The average molecular weight is 308 g/mol. The summed E-state index contributed by atoms with van der Waals surface area (Å²) in [5, 5.41) is 15.4. The number of carboxylic acids is 1. The van der Waals surface area contributed by atoms with Gasteiger partial charge >= 0.3 is 5.97 Å². The highest BCUT2D eigenvalue weighted by atomic mass is 16.5. The Morgan fingerprint density at radius 1 is 1.09 bits per heavy atom. The molecule has 5 heteroatoms. The maximum absolute atomic E-state index is 10.9. The Balaban J connectivity index is 1.73. The summed E-state index contributed by atoms with van der Waals surface area (Å²) in [7, 11) is 0. The summed E-state index contributed by atoms with van der Waals surface area (Å²) in [6, 6.07) is 19.2. The number of aromatic amines is 1. The van der Waals surface area contributed by atoms with Gasteiger partial charge in [0, 0.05) is 17.7 Å². The van der Waals surface area contributed by atoms with E-state index in [0.29, 0.717) is 13.0 Å². The van der Waals surface area contributed by atoms with E-state index >= 15 is 0 Å². The van der Waals surface area contributed by atoms with Crippen LogP contribution in [-0.4, -0.2) is 21.3 Å². The van der Waals surface area contributed by atoms with Crippen molar-refractivity contribution in [3.63, 3.8) is 0 Å². The highest BCUT2D eigenvalue weighted by molar-refractivity contribution is 5.85. The molecule has 5 nitrogen and oxygen atoms in total. The van der Waals surface area contributed by atoms with Gasteiger partial charge in [0.2, 0.25) is 0 Å². The van der Waals surface area contributed by atoms with Gasteiger partial charge in [-0.3, -0.25) is 5.10 Å². The summed E-state index contributed by atoms with van der Waals surface area (Å²) in [4.78, 5) is 10.9. The molecule has 0 amide bonds. The lowest BCUT2D eigenvalue weighted by molar-refractivity contribution is 0.0690. The first-order valence-electron chi connectivity index (χ1n) is 7.24. The number of rotatable bonds is 6. The first-order chi connectivity index (χ1) is 11.2. The molecule has 0 aliphatic rings. The molecular weight excluding hydrogens is 292 g/mol. The van der Waals surface area contributed by atoms with Gasteiger partial charge in [0.25, 0.3) is 0 Å². The topological polar surface area (TPSA) is 75.2 Å². The number of benzene rings is 2. The fourth-order valence-corrected chi connectivity index (χ4v) is 2.29. The van der Waals surface area contributed by atoms with Crippen molar-refractivity contribution in [1.82, 2.24) is 10.2 Å². The smallest absolute Gasteiger partial charge is 0.356 e. The Bertz CT molecular complexity index is 797. The van der Waals surface area contributed by atoms with Gasteiger partial charge in [0.15, 0.2) is 5.69 Å². The third-order valence-corrected chi connectivity index (χ3v) is 3.44. The molecule has 2 N–H and O–H groups in total. The van der Waals surface area contributed by atoms with Crippen molar-refractivity contribution in [1.29, 1.82) is 0 Å². The largest absolute Gasteiger partial charge is 0.489 e. The van der Waals surface area contributed by atoms with E-state index in [1.807, 2.05) is 54.6 Å². The molecule has 0 aliphatic carbocycles. The number of nitrogens with one attached hydrogen (secondary N) is 1. The number of ether oxygens (including phenoxy) is 1. The molecule has 1 heterocycles. The maximum atomic E-state index is 10.9. The number of H-pyrrole nitrogens is 1. The van der Waals surface area contributed by atoms with Crippen LogP contribution in [0.2, 0.25) is 0 Å². The Labute approximate surface area is 133 Å². The lowest BCUT2D eigenvalue weighted by Gasteiger charge is -2.11. The third kappa shape index (κ3) is 3.77. The van der Waals surface area contributed by atoms with Crippen molar-refractivity contribution >= 4 is 5.97 Å². The summed E-state index contributed by atoms with van der Waals surface area (Å²) in [6.45, 7) is 0.487. The highest BCUT2D eigenvalue weighted by Crippen LogP contribution is 2.22. The van der Waals surface area contributed by atoms with E-state index in [2.05, 4.69) is 10.2 Å². The van der Waals surface area contributed by atoms with E-state index in [-0.39, 0.29) is 5.69 Å². The summed E-state index contributed by atoms with van der Waals surface area (Å²) in [5.74, 6) is -0.260. The van der Waals surface area contributed by atoms with Crippen LogP contribution in [0.15, 0.2) is 60.7 Å². The molecule has 0 fully saturated rings. The number of hydrogen-bond acceptors (Lipinski definition) is 3.